The number of carbonyl (C=O) groups excluding carboxylic acids is 1. The Hall–Kier alpha value is -2.42. The molecule has 0 unspecified atom stereocenters. The molecule has 124 valence electrons. The van der Waals surface area contributed by atoms with E-state index in [4.69, 9.17) is 0 Å². The monoisotopic (exact) mass is 320 g/mol. The number of rotatable bonds is 6. The molecule has 0 radical (unpaired) electrons. The van der Waals surface area contributed by atoms with Crippen LogP contribution >= 0.6 is 0 Å². The molecule has 0 bridgehead atoms. The van der Waals surface area contributed by atoms with E-state index in [1.807, 2.05) is 48.5 Å². The van der Waals surface area contributed by atoms with E-state index in [-0.39, 0.29) is 11.8 Å². The summed E-state index contributed by atoms with van der Waals surface area (Å²) < 4.78 is 0. The van der Waals surface area contributed by atoms with E-state index >= 15 is 0 Å². The van der Waals surface area contributed by atoms with Crippen molar-refractivity contribution in [1.29, 1.82) is 0 Å². The minimum Gasteiger partial charge on any atom is -0.273 e. The molecule has 24 heavy (non-hydrogen) atoms. The normalized spacial score (nSPS) is 20.0. The molecular formula is C21H24N2O. The van der Waals surface area contributed by atoms with Gasteiger partial charge in [-0.05, 0) is 35.8 Å². The van der Waals surface area contributed by atoms with Gasteiger partial charge in [-0.1, -0.05) is 74.5 Å². The number of benzene rings is 2. The average Bonchev–Trinajstić information content (AvgIpc) is 3.40. The molecule has 0 aliphatic heterocycles. The molecule has 1 amide bonds. The van der Waals surface area contributed by atoms with Crippen molar-refractivity contribution in [3.63, 3.8) is 0 Å². The maximum atomic E-state index is 12.4. The highest BCUT2D eigenvalue weighted by atomic mass is 16.2. The van der Waals surface area contributed by atoms with Crippen molar-refractivity contribution in [2.24, 2.45) is 16.9 Å². The van der Waals surface area contributed by atoms with Crippen molar-refractivity contribution < 1.29 is 4.79 Å². The molecule has 1 fully saturated rings. The van der Waals surface area contributed by atoms with Gasteiger partial charge >= 0.3 is 0 Å². The highest BCUT2D eigenvalue weighted by Crippen LogP contribution is 2.47. The summed E-state index contributed by atoms with van der Waals surface area (Å²) in [7, 11) is 0. The fourth-order valence-electron chi connectivity index (χ4n) is 3.00. The number of hydrogen-bond acceptors (Lipinski definition) is 2. The Morgan fingerprint density at radius 2 is 1.71 bits per heavy atom. The van der Waals surface area contributed by atoms with Crippen LogP contribution in [0, 0.1) is 11.8 Å². The molecule has 3 nitrogen and oxygen atoms in total. The molecule has 0 saturated heterocycles. The zero-order valence-corrected chi connectivity index (χ0v) is 14.3. The van der Waals surface area contributed by atoms with Crippen LogP contribution in [-0.2, 0) is 4.79 Å². The number of amides is 1. The van der Waals surface area contributed by atoms with Crippen molar-refractivity contribution in [3.05, 3.63) is 71.8 Å². The van der Waals surface area contributed by atoms with Crippen LogP contribution in [0.1, 0.15) is 43.7 Å². The minimum absolute atomic E-state index is 0.0287. The fourth-order valence-corrected chi connectivity index (χ4v) is 3.00. The molecule has 1 aliphatic rings. The van der Waals surface area contributed by atoms with Gasteiger partial charge in [-0.15, -0.1) is 0 Å². The Bertz CT molecular complexity index is 707. The standard InChI is InChI=1S/C21H24N2O/c1-15(2)13-20(17-11-7-4-8-12-17)22-23-21(24)19-14-18(19)16-9-5-3-6-10-16/h3-12,15,18-19H,13-14H2,1-2H3,(H,23,24)/t18-,19-/m0/s1. The number of nitrogens with one attached hydrogen (secondary N) is 1. The van der Waals surface area contributed by atoms with E-state index in [1.54, 1.807) is 0 Å². The van der Waals surface area contributed by atoms with Gasteiger partial charge in [0.2, 0.25) is 5.91 Å². The molecule has 3 heteroatoms. The number of nitrogens with zero attached hydrogens (tertiary/aromatic N) is 1. The lowest BCUT2D eigenvalue weighted by atomic mass is 10.0. The van der Waals surface area contributed by atoms with Gasteiger partial charge in [0.05, 0.1) is 5.71 Å². The van der Waals surface area contributed by atoms with Gasteiger partial charge in [0.15, 0.2) is 0 Å². The van der Waals surface area contributed by atoms with Gasteiger partial charge in [0, 0.05) is 5.92 Å². The predicted octanol–water partition coefficient (Wildman–Crippen LogP) is 4.36. The maximum absolute atomic E-state index is 12.4. The molecule has 1 aliphatic carbocycles. The molecule has 2 aromatic rings. The molecule has 0 aromatic heterocycles. The van der Waals surface area contributed by atoms with Crippen molar-refractivity contribution in [2.45, 2.75) is 32.6 Å². The third kappa shape index (κ3) is 4.10. The minimum atomic E-state index is 0.0287. The highest BCUT2D eigenvalue weighted by Gasteiger charge is 2.43. The van der Waals surface area contributed by atoms with Crippen LogP contribution < -0.4 is 5.43 Å². The Morgan fingerprint density at radius 1 is 1.08 bits per heavy atom. The van der Waals surface area contributed by atoms with Crippen LogP contribution in [-0.4, -0.2) is 11.6 Å². The van der Waals surface area contributed by atoms with Crippen LogP contribution in [0.5, 0.6) is 0 Å². The van der Waals surface area contributed by atoms with Crippen molar-refractivity contribution in [3.8, 4) is 0 Å². The Labute approximate surface area is 143 Å². The fraction of sp³-hybridized carbons (Fsp3) is 0.333. The first-order valence-corrected chi connectivity index (χ1v) is 8.62. The zero-order chi connectivity index (χ0) is 16.9. The second kappa shape index (κ2) is 7.43. The van der Waals surface area contributed by atoms with Gasteiger partial charge in [-0.25, -0.2) is 5.43 Å². The smallest absolute Gasteiger partial charge is 0.243 e. The second-order valence-electron chi connectivity index (χ2n) is 6.86. The summed E-state index contributed by atoms with van der Waals surface area (Å²) in [5.41, 5.74) is 6.05. The second-order valence-corrected chi connectivity index (χ2v) is 6.86. The summed E-state index contributed by atoms with van der Waals surface area (Å²) in [6.45, 7) is 4.32. The lowest BCUT2D eigenvalue weighted by Crippen LogP contribution is -2.22. The van der Waals surface area contributed by atoms with E-state index < -0.39 is 0 Å². The summed E-state index contributed by atoms with van der Waals surface area (Å²) in [5, 5.41) is 4.44. The zero-order valence-electron chi connectivity index (χ0n) is 14.3. The van der Waals surface area contributed by atoms with Crippen molar-refractivity contribution in [2.75, 3.05) is 0 Å². The quantitative estimate of drug-likeness (QED) is 0.623. The molecule has 2 aromatic carbocycles. The molecule has 3 rings (SSSR count). The van der Waals surface area contributed by atoms with Crippen LogP contribution in [0.25, 0.3) is 0 Å². The van der Waals surface area contributed by atoms with Crippen LogP contribution in [0.15, 0.2) is 65.8 Å². The van der Waals surface area contributed by atoms with Gasteiger partial charge in [-0.2, -0.15) is 5.10 Å². The Morgan fingerprint density at radius 3 is 2.33 bits per heavy atom. The van der Waals surface area contributed by atoms with Crippen LogP contribution in [0.4, 0.5) is 0 Å². The molecule has 1 saturated carbocycles. The van der Waals surface area contributed by atoms with Crippen LogP contribution in [0.3, 0.4) is 0 Å². The van der Waals surface area contributed by atoms with E-state index in [2.05, 4.69) is 36.5 Å². The molecular weight excluding hydrogens is 296 g/mol. The average molecular weight is 320 g/mol. The lowest BCUT2D eigenvalue weighted by molar-refractivity contribution is -0.122. The Kier molecular flexibility index (Phi) is 5.09. The number of hydrazone groups is 1. The van der Waals surface area contributed by atoms with Crippen molar-refractivity contribution in [1.82, 2.24) is 5.43 Å². The largest absolute Gasteiger partial charge is 0.273 e. The van der Waals surface area contributed by atoms with Gasteiger partial charge < -0.3 is 0 Å². The maximum Gasteiger partial charge on any atom is 0.243 e. The third-order valence-electron chi connectivity index (χ3n) is 4.36. The first-order valence-electron chi connectivity index (χ1n) is 8.62. The van der Waals surface area contributed by atoms with E-state index in [0.717, 1.165) is 24.1 Å². The van der Waals surface area contributed by atoms with Crippen molar-refractivity contribution >= 4 is 11.6 Å². The van der Waals surface area contributed by atoms with Gasteiger partial charge in [-0.3, -0.25) is 4.79 Å². The number of carbonyl (C=O) groups is 1. The first kappa shape index (κ1) is 16.4. The molecule has 2 atom stereocenters. The molecule has 1 N–H and O–H groups in total. The summed E-state index contributed by atoms with van der Waals surface area (Å²) >= 11 is 0. The van der Waals surface area contributed by atoms with Gasteiger partial charge in [0.1, 0.15) is 0 Å². The number of hydrogen-bond donors (Lipinski definition) is 1. The summed E-state index contributed by atoms with van der Waals surface area (Å²) in [5.74, 6) is 0.902. The third-order valence-corrected chi connectivity index (χ3v) is 4.36. The van der Waals surface area contributed by atoms with Crippen LogP contribution in [0.2, 0.25) is 0 Å². The van der Waals surface area contributed by atoms with E-state index in [0.29, 0.717) is 11.8 Å². The van der Waals surface area contributed by atoms with E-state index in [9.17, 15) is 4.79 Å². The summed E-state index contributed by atoms with van der Waals surface area (Å²) in [6, 6.07) is 20.3. The molecule has 0 spiro atoms. The highest BCUT2D eigenvalue weighted by molar-refractivity contribution is 6.01. The van der Waals surface area contributed by atoms with E-state index in [1.165, 1.54) is 5.56 Å². The first-order chi connectivity index (χ1) is 11.6. The van der Waals surface area contributed by atoms with Gasteiger partial charge in [0.25, 0.3) is 0 Å². The molecule has 0 heterocycles. The Balaban J connectivity index is 1.65. The summed E-state index contributed by atoms with van der Waals surface area (Å²) in [6.07, 6.45) is 1.76. The topological polar surface area (TPSA) is 41.5 Å². The predicted molar refractivity (Wildman–Crippen MR) is 97.9 cm³/mol. The SMILES string of the molecule is CC(C)CC(=NNC(=O)[C@H]1C[C@H]1c1ccccc1)c1ccccc1. The lowest BCUT2D eigenvalue weighted by Gasteiger charge is -2.10. The summed E-state index contributed by atoms with van der Waals surface area (Å²) in [4.78, 5) is 12.4.